The van der Waals surface area contributed by atoms with E-state index in [9.17, 15) is 9.59 Å². The molecule has 29 heavy (non-hydrogen) atoms. The molecule has 2 aliphatic carbocycles. The van der Waals surface area contributed by atoms with Gasteiger partial charge < -0.3 is 20.4 Å². The number of carbonyl (C=O) groups excluding carboxylic acids is 2. The number of piperidine rings is 2. The van der Waals surface area contributed by atoms with Crippen molar-refractivity contribution in [2.24, 2.45) is 17.1 Å². The third kappa shape index (κ3) is 4.96. The molecule has 1 atom stereocenters. The highest BCUT2D eigenvalue weighted by Crippen LogP contribution is 2.47. The molecule has 4 fully saturated rings. The van der Waals surface area contributed by atoms with Gasteiger partial charge in [-0.1, -0.05) is 19.3 Å². The molecule has 4 aliphatic rings. The van der Waals surface area contributed by atoms with Crippen molar-refractivity contribution in [1.29, 1.82) is 0 Å². The third-order valence-electron chi connectivity index (χ3n) is 7.92. The molecule has 2 N–H and O–H groups in total. The number of carbonyl (C=O) groups is 2. The van der Waals surface area contributed by atoms with Gasteiger partial charge in [0.2, 0.25) is 11.8 Å². The molecule has 6 nitrogen and oxygen atoms in total. The fourth-order valence-corrected chi connectivity index (χ4v) is 5.87. The fourth-order valence-electron chi connectivity index (χ4n) is 5.87. The first kappa shape index (κ1) is 21.1. The smallest absolute Gasteiger partial charge is 0.238 e. The van der Waals surface area contributed by atoms with E-state index >= 15 is 0 Å². The van der Waals surface area contributed by atoms with Gasteiger partial charge in [0.1, 0.15) is 5.41 Å². The van der Waals surface area contributed by atoms with Crippen LogP contribution in [0.2, 0.25) is 0 Å². The molecule has 164 valence electrons. The summed E-state index contributed by atoms with van der Waals surface area (Å²) in [5, 5.41) is 0. The van der Waals surface area contributed by atoms with Gasteiger partial charge in [-0.25, -0.2) is 0 Å². The minimum absolute atomic E-state index is 0.0139. The number of hydrogen-bond donors (Lipinski definition) is 1. The molecule has 2 saturated heterocycles. The largest absolute Gasteiger partial charge is 0.369 e. The number of nitrogens with two attached hydrogens (primary N) is 1. The van der Waals surface area contributed by atoms with Crippen molar-refractivity contribution in [3.63, 3.8) is 0 Å². The maximum Gasteiger partial charge on any atom is 0.238 e. The van der Waals surface area contributed by atoms with Crippen LogP contribution >= 0.6 is 0 Å². The summed E-state index contributed by atoms with van der Waals surface area (Å²) in [5.74, 6) is 0.125. The highest BCUT2D eigenvalue weighted by atomic mass is 16.2. The molecule has 0 aromatic rings. The van der Waals surface area contributed by atoms with Crippen molar-refractivity contribution in [3.05, 3.63) is 0 Å². The van der Waals surface area contributed by atoms with Gasteiger partial charge in [0.15, 0.2) is 0 Å². The van der Waals surface area contributed by atoms with Crippen LogP contribution in [0.1, 0.15) is 70.6 Å². The van der Waals surface area contributed by atoms with E-state index in [1.165, 1.54) is 64.3 Å². The Kier molecular flexibility index (Phi) is 6.80. The molecule has 2 saturated carbocycles. The Morgan fingerprint density at radius 1 is 0.931 bits per heavy atom. The molecular formula is C23H40N4O2. The highest BCUT2D eigenvalue weighted by molar-refractivity contribution is 6.07. The Labute approximate surface area is 176 Å². The summed E-state index contributed by atoms with van der Waals surface area (Å²) >= 11 is 0. The normalized spacial score (nSPS) is 28.3. The first-order valence-corrected chi connectivity index (χ1v) is 12.1. The molecule has 2 amide bonds. The molecule has 0 aromatic heterocycles. The topological polar surface area (TPSA) is 69.9 Å². The minimum Gasteiger partial charge on any atom is -0.369 e. The standard InChI is InChI=1S/C23H40N4O2/c24-21(28)23(10-11-23)22(29)27(16-15-25-12-4-1-5-13-25)18-19-7-6-14-26(17-19)20-8-2-3-9-20/h19-20H,1-18H2,(H2,24,28). The highest BCUT2D eigenvalue weighted by Gasteiger charge is 2.57. The van der Waals surface area contributed by atoms with E-state index in [1.807, 2.05) is 4.90 Å². The maximum absolute atomic E-state index is 13.3. The molecule has 1 unspecified atom stereocenters. The van der Waals surface area contributed by atoms with Crippen molar-refractivity contribution >= 4 is 11.8 Å². The van der Waals surface area contributed by atoms with Crippen molar-refractivity contribution in [2.75, 3.05) is 45.8 Å². The van der Waals surface area contributed by atoms with E-state index in [0.29, 0.717) is 18.8 Å². The van der Waals surface area contributed by atoms with Gasteiger partial charge in [0.05, 0.1) is 0 Å². The Morgan fingerprint density at radius 3 is 2.31 bits per heavy atom. The number of primary amides is 1. The molecule has 4 rings (SSSR count). The third-order valence-corrected chi connectivity index (χ3v) is 7.92. The van der Waals surface area contributed by atoms with E-state index in [4.69, 9.17) is 5.73 Å². The van der Waals surface area contributed by atoms with Gasteiger partial charge >= 0.3 is 0 Å². The van der Waals surface area contributed by atoms with Crippen LogP contribution in [0, 0.1) is 11.3 Å². The number of likely N-dealkylation sites (tertiary alicyclic amines) is 2. The zero-order valence-electron chi connectivity index (χ0n) is 18.1. The zero-order valence-corrected chi connectivity index (χ0v) is 18.1. The van der Waals surface area contributed by atoms with E-state index in [1.54, 1.807) is 0 Å². The predicted molar refractivity (Wildman–Crippen MR) is 114 cm³/mol. The van der Waals surface area contributed by atoms with Gasteiger partial charge in [-0.3, -0.25) is 9.59 Å². The summed E-state index contributed by atoms with van der Waals surface area (Å²) in [6.45, 7) is 7.08. The second-order valence-electron chi connectivity index (χ2n) is 10.0. The maximum atomic E-state index is 13.3. The van der Waals surface area contributed by atoms with E-state index in [0.717, 1.165) is 45.3 Å². The monoisotopic (exact) mass is 404 g/mol. The van der Waals surface area contributed by atoms with Crippen LogP contribution in [0.15, 0.2) is 0 Å². The number of hydrogen-bond acceptors (Lipinski definition) is 4. The second-order valence-corrected chi connectivity index (χ2v) is 10.0. The van der Waals surface area contributed by atoms with Crippen LogP contribution in [0.4, 0.5) is 0 Å². The van der Waals surface area contributed by atoms with Crippen LogP contribution in [0.25, 0.3) is 0 Å². The molecule has 2 heterocycles. The lowest BCUT2D eigenvalue weighted by molar-refractivity contribution is -0.144. The Bertz CT molecular complexity index is 579. The fraction of sp³-hybridized carbons (Fsp3) is 0.913. The summed E-state index contributed by atoms with van der Waals surface area (Å²) in [7, 11) is 0. The SMILES string of the molecule is NC(=O)C1(C(=O)N(CCN2CCCCC2)CC2CCCN(C3CCCC3)C2)CC1. The quantitative estimate of drug-likeness (QED) is 0.630. The first-order valence-electron chi connectivity index (χ1n) is 12.1. The van der Waals surface area contributed by atoms with Crippen molar-refractivity contribution in [2.45, 2.75) is 76.7 Å². The second kappa shape index (κ2) is 9.34. The Hall–Kier alpha value is -1.14. The first-order chi connectivity index (χ1) is 14.1. The van der Waals surface area contributed by atoms with Crippen molar-refractivity contribution < 1.29 is 9.59 Å². The number of rotatable bonds is 8. The van der Waals surface area contributed by atoms with E-state index < -0.39 is 11.3 Å². The molecule has 0 spiro atoms. The van der Waals surface area contributed by atoms with Crippen molar-refractivity contribution in [3.8, 4) is 0 Å². The summed E-state index contributed by atoms with van der Waals surface area (Å²) in [6.07, 6.45) is 13.0. The van der Waals surface area contributed by atoms with E-state index in [2.05, 4.69) is 9.80 Å². The predicted octanol–water partition coefficient (Wildman–Crippen LogP) is 2.22. The summed E-state index contributed by atoms with van der Waals surface area (Å²) in [5.41, 5.74) is 4.76. The van der Waals surface area contributed by atoms with Gasteiger partial charge in [-0.05, 0) is 76.9 Å². The zero-order chi connectivity index (χ0) is 20.3. The molecule has 2 aliphatic heterocycles. The van der Waals surface area contributed by atoms with E-state index in [-0.39, 0.29) is 5.91 Å². The number of amides is 2. The number of nitrogens with zero attached hydrogens (tertiary/aromatic N) is 3. The molecule has 0 bridgehead atoms. The Balaban J connectivity index is 1.38. The lowest BCUT2D eigenvalue weighted by atomic mass is 9.94. The van der Waals surface area contributed by atoms with Gasteiger partial charge in [-0.15, -0.1) is 0 Å². The van der Waals surface area contributed by atoms with Crippen LogP contribution < -0.4 is 5.73 Å². The van der Waals surface area contributed by atoms with Crippen LogP contribution in [0.5, 0.6) is 0 Å². The summed E-state index contributed by atoms with van der Waals surface area (Å²) in [6, 6.07) is 0.760. The van der Waals surface area contributed by atoms with Crippen LogP contribution in [0.3, 0.4) is 0 Å². The van der Waals surface area contributed by atoms with Gasteiger partial charge in [0, 0.05) is 32.2 Å². The molecule has 0 radical (unpaired) electrons. The average molecular weight is 405 g/mol. The van der Waals surface area contributed by atoms with Crippen molar-refractivity contribution in [1.82, 2.24) is 14.7 Å². The lowest BCUT2D eigenvalue weighted by Crippen LogP contribution is -2.51. The summed E-state index contributed by atoms with van der Waals surface area (Å²) in [4.78, 5) is 32.6. The Morgan fingerprint density at radius 2 is 1.66 bits per heavy atom. The average Bonchev–Trinajstić information content (AvgIpc) is 3.38. The summed E-state index contributed by atoms with van der Waals surface area (Å²) < 4.78 is 0. The van der Waals surface area contributed by atoms with Crippen LogP contribution in [-0.4, -0.2) is 78.4 Å². The van der Waals surface area contributed by atoms with Crippen LogP contribution in [-0.2, 0) is 9.59 Å². The minimum atomic E-state index is -0.887. The molecule has 0 aromatic carbocycles. The lowest BCUT2D eigenvalue weighted by Gasteiger charge is -2.39. The molecular weight excluding hydrogens is 364 g/mol. The molecule has 6 heteroatoms. The van der Waals surface area contributed by atoms with Gasteiger partial charge in [0.25, 0.3) is 0 Å². The van der Waals surface area contributed by atoms with Gasteiger partial charge in [-0.2, -0.15) is 0 Å².